The summed E-state index contributed by atoms with van der Waals surface area (Å²) in [7, 11) is 1.62. The van der Waals surface area contributed by atoms with Crippen molar-refractivity contribution in [2.75, 3.05) is 23.5 Å². The van der Waals surface area contributed by atoms with Gasteiger partial charge in [-0.15, -0.1) is 0 Å². The van der Waals surface area contributed by atoms with Crippen molar-refractivity contribution in [3.05, 3.63) is 54.0 Å². The molecule has 0 unspecified atom stereocenters. The molecule has 4 N–H and O–H groups in total. The highest BCUT2D eigenvalue weighted by molar-refractivity contribution is 5.81. The predicted molar refractivity (Wildman–Crippen MR) is 99.7 cm³/mol. The van der Waals surface area contributed by atoms with Gasteiger partial charge in [-0.3, -0.25) is 0 Å². The maximum Gasteiger partial charge on any atom is 0.160 e. The average molecular weight is 336 g/mol. The van der Waals surface area contributed by atoms with Gasteiger partial charge in [-0.1, -0.05) is 12.1 Å². The summed E-state index contributed by atoms with van der Waals surface area (Å²) < 4.78 is 5.38. The highest BCUT2D eigenvalue weighted by atomic mass is 16.5. The van der Waals surface area contributed by atoms with Crippen molar-refractivity contribution in [2.45, 2.75) is 13.8 Å². The van der Waals surface area contributed by atoms with Crippen LogP contribution in [0.3, 0.4) is 0 Å². The number of aromatic nitrogens is 3. The van der Waals surface area contributed by atoms with E-state index in [0.717, 1.165) is 16.8 Å². The first kappa shape index (κ1) is 16.5. The van der Waals surface area contributed by atoms with Gasteiger partial charge in [0, 0.05) is 6.20 Å². The number of nitrogens with zero attached hydrogens (tertiary/aromatic N) is 3. The summed E-state index contributed by atoms with van der Waals surface area (Å²) in [6.07, 6.45) is 3.22. The highest BCUT2D eigenvalue weighted by Gasteiger charge is 2.11. The lowest BCUT2D eigenvalue weighted by Gasteiger charge is -2.14. The van der Waals surface area contributed by atoms with Crippen molar-refractivity contribution in [2.24, 2.45) is 0 Å². The summed E-state index contributed by atoms with van der Waals surface area (Å²) in [6.45, 7) is 3.98. The number of anilines is 5. The molecule has 25 heavy (non-hydrogen) atoms. The van der Waals surface area contributed by atoms with Gasteiger partial charge in [0.25, 0.3) is 0 Å². The third-order valence-corrected chi connectivity index (χ3v) is 3.65. The Hall–Kier alpha value is -3.35. The quantitative estimate of drug-likeness (QED) is 0.655. The van der Waals surface area contributed by atoms with Crippen LogP contribution in [-0.4, -0.2) is 22.1 Å². The minimum atomic E-state index is 0.397. The number of nitrogens with two attached hydrogens (primary N) is 1. The van der Waals surface area contributed by atoms with Gasteiger partial charge in [0.15, 0.2) is 11.6 Å². The Morgan fingerprint density at radius 3 is 2.32 bits per heavy atom. The summed E-state index contributed by atoms with van der Waals surface area (Å²) in [5, 5.41) is 6.31. The minimum Gasteiger partial charge on any atom is -0.495 e. The van der Waals surface area contributed by atoms with Crippen LogP contribution < -0.4 is 21.1 Å². The Labute approximate surface area is 146 Å². The molecule has 0 aliphatic rings. The number of pyridine rings is 1. The van der Waals surface area contributed by atoms with E-state index in [4.69, 9.17) is 10.5 Å². The number of nitrogen functional groups attached to an aromatic ring is 1. The van der Waals surface area contributed by atoms with Gasteiger partial charge >= 0.3 is 0 Å². The zero-order valence-electron chi connectivity index (χ0n) is 14.4. The summed E-state index contributed by atoms with van der Waals surface area (Å²) in [6, 6.07) is 9.67. The van der Waals surface area contributed by atoms with E-state index in [2.05, 4.69) is 25.6 Å². The Bertz CT molecular complexity index is 879. The van der Waals surface area contributed by atoms with Crippen LogP contribution in [0.4, 0.5) is 28.8 Å². The molecule has 0 bridgehead atoms. The molecule has 1 aromatic carbocycles. The molecule has 0 amide bonds. The molecule has 0 atom stereocenters. The second-order valence-corrected chi connectivity index (χ2v) is 5.66. The monoisotopic (exact) mass is 336 g/mol. The lowest BCUT2D eigenvalue weighted by molar-refractivity contribution is 0.416. The van der Waals surface area contributed by atoms with Gasteiger partial charge in [-0.25, -0.2) is 15.0 Å². The standard InChI is InChI=1S/C18H20N6O/c1-11-4-6-14(25-3)13(8-11)23-17-16(19)18(22-10-21-17)24-15-7-5-12(2)9-20-15/h4-10H,19H2,1-3H3,(H2,20,21,22,23,24). The normalized spacial score (nSPS) is 10.4. The van der Waals surface area contributed by atoms with Gasteiger partial charge < -0.3 is 21.1 Å². The van der Waals surface area contributed by atoms with Gasteiger partial charge in [0.1, 0.15) is 23.6 Å². The smallest absolute Gasteiger partial charge is 0.160 e. The topological polar surface area (TPSA) is 98.0 Å². The number of ether oxygens (including phenoxy) is 1. The molecule has 7 nitrogen and oxygen atoms in total. The second kappa shape index (κ2) is 7.04. The number of hydrogen-bond donors (Lipinski definition) is 3. The van der Waals surface area contributed by atoms with Crippen LogP contribution in [0.15, 0.2) is 42.9 Å². The summed E-state index contributed by atoms with van der Waals surface area (Å²) in [5.74, 6) is 2.35. The van der Waals surface area contributed by atoms with Crippen LogP contribution in [0, 0.1) is 13.8 Å². The lowest BCUT2D eigenvalue weighted by atomic mass is 10.2. The molecule has 7 heteroatoms. The first-order valence-corrected chi connectivity index (χ1v) is 7.78. The van der Waals surface area contributed by atoms with E-state index in [-0.39, 0.29) is 0 Å². The molecule has 0 aliphatic heterocycles. The summed E-state index contributed by atoms with van der Waals surface area (Å²) in [4.78, 5) is 12.7. The summed E-state index contributed by atoms with van der Waals surface area (Å²) >= 11 is 0. The van der Waals surface area contributed by atoms with E-state index in [1.165, 1.54) is 6.33 Å². The molecule has 0 saturated carbocycles. The van der Waals surface area contributed by atoms with Gasteiger partial charge in [0.2, 0.25) is 0 Å². The molecule has 0 fully saturated rings. The average Bonchev–Trinajstić information content (AvgIpc) is 2.60. The van der Waals surface area contributed by atoms with Crippen LogP contribution >= 0.6 is 0 Å². The van der Waals surface area contributed by atoms with E-state index in [1.807, 2.05) is 44.2 Å². The van der Waals surface area contributed by atoms with Crippen molar-refractivity contribution >= 4 is 28.8 Å². The fourth-order valence-corrected chi connectivity index (χ4v) is 2.30. The van der Waals surface area contributed by atoms with Crippen LogP contribution in [0.2, 0.25) is 0 Å². The van der Waals surface area contributed by atoms with E-state index in [0.29, 0.717) is 28.9 Å². The maximum atomic E-state index is 6.22. The maximum absolute atomic E-state index is 6.22. The van der Waals surface area contributed by atoms with Crippen LogP contribution in [0.1, 0.15) is 11.1 Å². The fourth-order valence-electron chi connectivity index (χ4n) is 2.30. The molecule has 128 valence electrons. The molecule has 3 aromatic rings. The molecular weight excluding hydrogens is 316 g/mol. The Morgan fingerprint density at radius 1 is 0.920 bits per heavy atom. The molecular formula is C18H20N6O. The fraction of sp³-hybridized carbons (Fsp3) is 0.167. The SMILES string of the molecule is COc1ccc(C)cc1Nc1ncnc(Nc2ccc(C)cn2)c1N. The van der Waals surface area contributed by atoms with E-state index >= 15 is 0 Å². The zero-order chi connectivity index (χ0) is 17.8. The Balaban J connectivity index is 1.88. The van der Waals surface area contributed by atoms with E-state index in [9.17, 15) is 0 Å². The number of rotatable bonds is 5. The lowest BCUT2D eigenvalue weighted by Crippen LogP contribution is -2.06. The number of aryl methyl sites for hydroxylation is 2. The molecule has 3 rings (SSSR count). The third kappa shape index (κ3) is 3.77. The Kier molecular flexibility index (Phi) is 4.65. The number of hydrogen-bond acceptors (Lipinski definition) is 7. The molecule has 0 aliphatic carbocycles. The van der Waals surface area contributed by atoms with Gasteiger partial charge in [0.05, 0.1) is 12.8 Å². The first-order chi connectivity index (χ1) is 12.1. The number of nitrogens with one attached hydrogen (secondary N) is 2. The Morgan fingerprint density at radius 2 is 1.64 bits per heavy atom. The van der Waals surface area contributed by atoms with Crippen LogP contribution in [0.25, 0.3) is 0 Å². The van der Waals surface area contributed by atoms with E-state index in [1.54, 1.807) is 13.3 Å². The van der Waals surface area contributed by atoms with Crippen molar-refractivity contribution in [1.29, 1.82) is 0 Å². The predicted octanol–water partition coefficient (Wildman–Crippen LogP) is 3.57. The number of benzene rings is 1. The van der Waals surface area contributed by atoms with Crippen LogP contribution in [-0.2, 0) is 0 Å². The molecule has 2 aromatic heterocycles. The van der Waals surface area contributed by atoms with Gasteiger partial charge in [-0.2, -0.15) is 0 Å². The molecule has 2 heterocycles. The molecule has 0 saturated heterocycles. The summed E-state index contributed by atoms with van der Waals surface area (Å²) in [5.41, 5.74) is 9.58. The largest absolute Gasteiger partial charge is 0.495 e. The third-order valence-electron chi connectivity index (χ3n) is 3.65. The highest BCUT2D eigenvalue weighted by Crippen LogP contribution is 2.32. The van der Waals surface area contributed by atoms with Gasteiger partial charge in [-0.05, 0) is 43.2 Å². The minimum absolute atomic E-state index is 0.397. The van der Waals surface area contributed by atoms with E-state index < -0.39 is 0 Å². The first-order valence-electron chi connectivity index (χ1n) is 7.78. The van der Waals surface area contributed by atoms with Crippen molar-refractivity contribution in [1.82, 2.24) is 15.0 Å². The van der Waals surface area contributed by atoms with Crippen molar-refractivity contribution < 1.29 is 4.74 Å². The zero-order valence-corrected chi connectivity index (χ0v) is 14.4. The second-order valence-electron chi connectivity index (χ2n) is 5.66. The van der Waals surface area contributed by atoms with Crippen molar-refractivity contribution in [3.63, 3.8) is 0 Å². The molecule has 0 radical (unpaired) electrons. The van der Waals surface area contributed by atoms with Crippen molar-refractivity contribution in [3.8, 4) is 5.75 Å². The van der Waals surface area contributed by atoms with Crippen LogP contribution in [0.5, 0.6) is 5.75 Å². The number of methoxy groups -OCH3 is 1. The molecule has 0 spiro atoms.